The molecule has 4 rings (SSSR count). The Kier molecular flexibility index (Phi) is 3.63. The number of nitrogens with zero attached hydrogens (tertiary/aromatic N) is 3. The lowest BCUT2D eigenvalue weighted by Gasteiger charge is -2.23. The summed E-state index contributed by atoms with van der Waals surface area (Å²) in [7, 11) is 1.64. The zero-order valence-corrected chi connectivity index (χ0v) is 13.7. The summed E-state index contributed by atoms with van der Waals surface area (Å²) in [6.07, 6.45) is 3.22. The quantitative estimate of drug-likeness (QED) is 0.778. The molecule has 1 aliphatic heterocycles. The molecule has 0 bridgehead atoms. The van der Waals surface area contributed by atoms with E-state index in [9.17, 15) is 14.0 Å². The Balaban J connectivity index is 1.68. The Bertz CT molecular complexity index is 1020. The molecule has 3 heterocycles. The smallest absolute Gasteiger partial charge is 0.254 e. The van der Waals surface area contributed by atoms with Crippen LogP contribution in [0.4, 0.5) is 4.39 Å². The predicted molar refractivity (Wildman–Crippen MR) is 90.7 cm³/mol. The number of imidazole rings is 1. The SMILES string of the molecule is Cn1ccc(C(=O)N2CCC[C@@H]2c2nc3ccc(F)cc3[nH]2)cc1=O. The topological polar surface area (TPSA) is 71.0 Å². The molecule has 7 heteroatoms. The lowest BCUT2D eigenvalue weighted by Crippen LogP contribution is -2.32. The number of likely N-dealkylation sites (tertiary alicyclic amines) is 1. The van der Waals surface area contributed by atoms with Crippen molar-refractivity contribution in [2.45, 2.75) is 18.9 Å². The number of benzene rings is 1. The Labute approximate surface area is 142 Å². The van der Waals surface area contributed by atoms with Crippen LogP contribution < -0.4 is 5.56 Å². The number of carbonyl (C=O) groups excluding carboxylic acids is 1. The van der Waals surface area contributed by atoms with Gasteiger partial charge < -0.3 is 14.5 Å². The highest BCUT2D eigenvalue weighted by molar-refractivity contribution is 5.94. The number of hydrogen-bond donors (Lipinski definition) is 1. The first kappa shape index (κ1) is 15.6. The zero-order valence-electron chi connectivity index (χ0n) is 13.7. The number of aryl methyl sites for hydroxylation is 1. The summed E-state index contributed by atoms with van der Waals surface area (Å²) in [6, 6.07) is 7.18. The molecular weight excluding hydrogens is 323 g/mol. The molecule has 1 aliphatic rings. The van der Waals surface area contributed by atoms with Gasteiger partial charge in [0.1, 0.15) is 11.6 Å². The third kappa shape index (κ3) is 2.71. The zero-order chi connectivity index (χ0) is 17.6. The van der Waals surface area contributed by atoms with Crippen LogP contribution in [0.25, 0.3) is 11.0 Å². The van der Waals surface area contributed by atoms with Crippen LogP contribution in [-0.4, -0.2) is 31.9 Å². The number of fused-ring (bicyclic) bond motifs is 1. The number of rotatable bonds is 2. The minimum Gasteiger partial charge on any atom is -0.340 e. The molecule has 25 heavy (non-hydrogen) atoms. The fourth-order valence-corrected chi connectivity index (χ4v) is 3.30. The van der Waals surface area contributed by atoms with E-state index in [1.807, 2.05) is 0 Å². The number of aromatic nitrogens is 3. The van der Waals surface area contributed by atoms with E-state index in [0.717, 1.165) is 12.8 Å². The molecule has 1 saturated heterocycles. The summed E-state index contributed by atoms with van der Waals surface area (Å²) in [5.41, 5.74) is 1.44. The number of halogens is 1. The summed E-state index contributed by atoms with van der Waals surface area (Å²) >= 11 is 0. The van der Waals surface area contributed by atoms with Gasteiger partial charge >= 0.3 is 0 Å². The molecule has 2 aromatic heterocycles. The lowest BCUT2D eigenvalue weighted by atomic mass is 10.2. The van der Waals surface area contributed by atoms with Gasteiger partial charge in [-0.25, -0.2) is 9.37 Å². The number of carbonyl (C=O) groups is 1. The molecule has 1 fully saturated rings. The summed E-state index contributed by atoms with van der Waals surface area (Å²) in [5, 5.41) is 0. The molecular formula is C18H17FN4O2. The first-order chi connectivity index (χ1) is 12.0. The van der Waals surface area contributed by atoms with Crippen LogP contribution in [0, 0.1) is 5.82 Å². The fourth-order valence-electron chi connectivity index (χ4n) is 3.30. The van der Waals surface area contributed by atoms with Crippen molar-refractivity contribution in [1.82, 2.24) is 19.4 Å². The van der Waals surface area contributed by atoms with Gasteiger partial charge in [-0.3, -0.25) is 9.59 Å². The van der Waals surface area contributed by atoms with Gasteiger partial charge in [0.15, 0.2) is 0 Å². The largest absolute Gasteiger partial charge is 0.340 e. The van der Waals surface area contributed by atoms with E-state index >= 15 is 0 Å². The Morgan fingerprint density at radius 3 is 2.96 bits per heavy atom. The van der Waals surface area contributed by atoms with Crippen molar-refractivity contribution in [1.29, 1.82) is 0 Å². The average molecular weight is 340 g/mol. The van der Waals surface area contributed by atoms with Crippen LogP contribution in [0.15, 0.2) is 41.3 Å². The molecule has 0 aliphatic carbocycles. The highest BCUT2D eigenvalue weighted by atomic mass is 19.1. The van der Waals surface area contributed by atoms with E-state index in [2.05, 4.69) is 9.97 Å². The predicted octanol–water partition coefficient (Wildman–Crippen LogP) is 2.38. The molecule has 128 valence electrons. The van der Waals surface area contributed by atoms with E-state index in [1.165, 1.54) is 22.8 Å². The van der Waals surface area contributed by atoms with Crippen LogP contribution in [0.1, 0.15) is 35.1 Å². The van der Waals surface area contributed by atoms with E-state index in [-0.39, 0.29) is 23.3 Å². The highest BCUT2D eigenvalue weighted by Gasteiger charge is 2.32. The summed E-state index contributed by atoms with van der Waals surface area (Å²) in [4.78, 5) is 34.0. The van der Waals surface area contributed by atoms with Gasteiger partial charge in [0.05, 0.1) is 17.1 Å². The van der Waals surface area contributed by atoms with Gasteiger partial charge in [0.25, 0.3) is 11.5 Å². The second kappa shape index (κ2) is 5.84. The number of hydrogen-bond acceptors (Lipinski definition) is 3. The number of aromatic amines is 1. The first-order valence-electron chi connectivity index (χ1n) is 8.16. The van der Waals surface area contributed by atoms with Crippen LogP contribution in [0.3, 0.4) is 0 Å². The number of nitrogens with one attached hydrogen (secondary N) is 1. The monoisotopic (exact) mass is 340 g/mol. The van der Waals surface area contributed by atoms with Crippen molar-refractivity contribution in [3.05, 3.63) is 64.1 Å². The van der Waals surface area contributed by atoms with Gasteiger partial charge in [-0.05, 0) is 37.1 Å². The molecule has 0 radical (unpaired) electrons. The molecule has 0 unspecified atom stereocenters. The van der Waals surface area contributed by atoms with E-state index in [1.54, 1.807) is 30.3 Å². The second-order valence-electron chi connectivity index (χ2n) is 6.30. The molecule has 1 aromatic carbocycles. The number of H-pyrrole nitrogens is 1. The van der Waals surface area contributed by atoms with Crippen LogP contribution >= 0.6 is 0 Å². The molecule has 1 atom stereocenters. The summed E-state index contributed by atoms with van der Waals surface area (Å²) < 4.78 is 14.8. The van der Waals surface area contributed by atoms with E-state index in [0.29, 0.717) is 29.0 Å². The number of amides is 1. The van der Waals surface area contributed by atoms with Crippen molar-refractivity contribution in [2.75, 3.05) is 6.54 Å². The first-order valence-corrected chi connectivity index (χ1v) is 8.16. The Hall–Kier alpha value is -2.96. The molecule has 0 spiro atoms. The summed E-state index contributed by atoms with van der Waals surface area (Å²) in [6.45, 7) is 0.601. The van der Waals surface area contributed by atoms with Crippen molar-refractivity contribution in [3.63, 3.8) is 0 Å². The molecule has 6 nitrogen and oxygen atoms in total. The number of pyridine rings is 1. The van der Waals surface area contributed by atoms with Crippen molar-refractivity contribution < 1.29 is 9.18 Å². The van der Waals surface area contributed by atoms with Gasteiger partial charge in [-0.1, -0.05) is 0 Å². The normalized spacial score (nSPS) is 17.4. The fraction of sp³-hybridized carbons (Fsp3) is 0.278. The Morgan fingerprint density at radius 2 is 2.16 bits per heavy atom. The Morgan fingerprint density at radius 1 is 1.32 bits per heavy atom. The molecule has 1 amide bonds. The second-order valence-corrected chi connectivity index (χ2v) is 6.30. The third-order valence-corrected chi connectivity index (χ3v) is 4.64. The third-order valence-electron chi connectivity index (χ3n) is 4.64. The minimum absolute atomic E-state index is 0.188. The molecule has 0 saturated carbocycles. The van der Waals surface area contributed by atoms with Gasteiger partial charge in [-0.15, -0.1) is 0 Å². The minimum atomic E-state index is -0.331. The lowest BCUT2D eigenvalue weighted by molar-refractivity contribution is 0.0730. The van der Waals surface area contributed by atoms with Crippen LogP contribution in [0.2, 0.25) is 0 Å². The summed E-state index contributed by atoms with van der Waals surface area (Å²) in [5.74, 6) is 0.129. The van der Waals surface area contributed by atoms with Crippen LogP contribution in [0.5, 0.6) is 0 Å². The standard InChI is InChI=1S/C18H17FN4O2/c1-22-8-6-11(9-16(22)24)18(25)23-7-2-3-15(23)17-20-13-5-4-12(19)10-14(13)21-17/h4-6,8-10,15H,2-3,7H2,1H3,(H,20,21)/t15-/m1/s1. The molecule has 1 N–H and O–H groups in total. The van der Waals surface area contributed by atoms with Gasteiger partial charge in [0, 0.05) is 31.4 Å². The van der Waals surface area contributed by atoms with Crippen LogP contribution in [-0.2, 0) is 7.05 Å². The van der Waals surface area contributed by atoms with Crippen molar-refractivity contribution in [2.24, 2.45) is 7.05 Å². The highest BCUT2D eigenvalue weighted by Crippen LogP contribution is 2.32. The van der Waals surface area contributed by atoms with Crippen molar-refractivity contribution >= 4 is 16.9 Å². The van der Waals surface area contributed by atoms with Gasteiger partial charge in [-0.2, -0.15) is 0 Å². The maximum atomic E-state index is 13.4. The van der Waals surface area contributed by atoms with E-state index < -0.39 is 0 Å². The molecule has 3 aromatic rings. The maximum Gasteiger partial charge on any atom is 0.254 e. The van der Waals surface area contributed by atoms with Crippen molar-refractivity contribution in [3.8, 4) is 0 Å². The van der Waals surface area contributed by atoms with Gasteiger partial charge in [0.2, 0.25) is 0 Å². The maximum absolute atomic E-state index is 13.4. The van der Waals surface area contributed by atoms with E-state index in [4.69, 9.17) is 0 Å². The average Bonchev–Trinajstić information content (AvgIpc) is 3.22.